The maximum absolute atomic E-state index is 12.3. The van der Waals surface area contributed by atoms with E-state index in [9.17, 15) is 14.4 Å². The van der Waals surface area contributed by atoms with Gasteiger partial charge < -0.3 is 15.5 Å². The van der Waals surface area contributed by atoms with Crippen molar-refractivity contribution in [2.24, 2.45) is 0 Å². The highest BCUT2D eigenvalue weighted by atomic mass is 16.2. The maximum atomic E-state index is 12.3. The van der Waals surface area contributed by atoms with Gasteiger partial charge in [-0.15, -0.1) is 0 Å². The van der Waals surface area contributed by atoms with Crippen LogP contribution in [0.25, 0.3) is 0 Å². The van der Waals surface area contributed by atoms with Gasteiger partial charge in [-0.1, -0.05) is 12.1 Å². The van der Waals surface area contributed by atoms with Crippen LogP contribution >= 0.6 is 0 Å². The number of piperazine rings is 1. The van der Waals surface area contributed by atoms with Gasteiger partial charge in [0.15, 0.2) is 5.78 Å². The van der Waals surface area contributed by atoms with E-state index in [2.05, 4.69) is 10.6 Å². The SMILES string of the molecule is CNC(=O)CN1CCN(C(=O)Nc2cccc(C(C)=O)c2)CC1. The summed E-state index contributed by atoms with van der Waals surface area (Å²) < 4.78 is 0. The van der Waals surface area contributed by atoms with Gasteiger partial charge in [0.25, 0.3) is 0 Å². The molecule has 2 N–H and O–H groups in total. The molecule has 3 amide bonds. The lowest BCUT2D eigenvalue weighted by Gasteiger charge is -2.34. The first-order chi connectivity index (χ1) is 11.0. The lowest BCUT2D eigenvalue weighted by molar-refractivity contribution is -0.122. The average Bonchev–Trinajstić information content (AvgIpc) is 2.55. The monoisotopic (exact) mass is 318 g/mol. The first-order valence-electron chi connectivity index (χ1n) is 7.59. The Hall–Kier alpha value is -2.41. The van der Waals surface area contributed by atoms with Crippen LogP contribution in [0.4, 0.5) is 10.5 Å². The second-order valence-corrected chi connectivity index (χ2v) is 5.50. The van der Waals surface area contributed by atoms with Gasteiger partial charge in [-0.25, -0.2) is 4.79 Å². The highest BCUT2D eigenvalue weighted by Gasteiger charge is 2.22. The number of hydrogen-bond acceptors (Lipinski definition) is 4. The Bertz CT molecular complexity index is 595. The van der Waals surface area contributed by atoms with E-state index in [-0.39, 0.29) is 17.7 Å². The molecule has 1 aliphatic heterocycles. The van der Waals surface area contributed by atoms with Gasteiger partial charge in [0.2, 0.25) is 5.91 Å². The Balaban J connectivity index is 1.87. The third-order valence-electron chi connectivity index (χ3n) is 3.83. The van der Waals surface area contributed by atoms with Gasteiger partial charge >= 0.3 is 6.03 Å². The zero-order valence-electron chi connectivity index (χ0n) is 13.5. The number of hydrogen-bond donors (Lipinski definition) is 2. The molecule has 1 heterocycles. The lowest BCUT2D eigenvalue weighted by Crippen LogP contribution is -2.51. The van der Waals surface area contributed by atoms with Crippen molar-refractivity contribution in [3.8, 4) is 0 Å². The van der Waals surface area contributed by atoms with Crippen LogP contribution in [0.3, 0.4) is 0 Å². The summed E-state index contributed by atoms with van der Waals surface area (Å²) >= 11 is 0. The van der Waals surface area contributed by atoms with E-state index in [1.54, 1.807) is 36.2 Å². The minimum Gasteiger partial charge on any atom is -0.358 e. The van der Waals surface area contributed by atoms with Crippen LogP contribution in [0.2, 0.25) is 0 Å². The number of nitrogens with one attached hydrogen (secondary N) is 2. The van der Waals surface area contributed by atoms with Crippen molar-refractivity contribution >= 4 is 23.4 Å². The second-order valence-electron chi connectivity index (χ2n) is 5.50. The Kier molecular flexibility index (Phi) is 5.70. The number of anilines is 1. The van der Waals surface area contributed by atoms with Crippen LogP contribution in [0, 0.1) is 0 Å². The van der Waals surface area contributed by atoms with Crippen molar-refractivity contribution in [3.63, 3.8) is 0 Å². The van der Waals surface area contributed by atoms with Crippen LogP contribution in [-0.2, 0) is 4.79 Å². The molecular weight excluding hydrogens is 296 g/mol. The summed E-state index contributed by atoms with van der Waals surface area (Å²) in [6.07, 6.45) is 0. The zero-order valence-corrected chi connectivity index (χ0v) is 13.5. The van der Waals surface area contributed by atoms with Gasteiger partial charge in [-0.05, 0) is 19.1 Å². The minimum atomic E-state index is -0.190. The van der Waals surface area contributed by atoms with Crippen molar-refractivity contribution in [2.45, 2.75) is 6.92 Å². The first kappa shape index (κ1) is 17.0. The van der Waals surface area contributed by atoms with E-state index in [1.165, 1.54) is 6.92 Å². The molecule has 124 valence electrons. The molecule has 1 aliphatic rings. The number of carbonyl (C=O) groups is 3. The van der Waals surface area contributed by atoms with Crippen LogP contribution in [-0.4, -0.2) is 67.3 Å². The molecule has 0 saturated carbocycles. The van der Waals surface area contributed by atoms with E-state index in [4.69, 9.17) is 0 Å². The predicted octanol–water partition coefficient (Wildman–Crippen LogP) is 0.785. The molecule has 0 aliphatic carbocycles. The molecule has 23 heavy (non-hydrogen) atoms. The molecule has 1 fully saturated rings. The van der Waals surface area contributed by atoms with Crippen LogP contribution in [0.15, 0.2) is 24.3 Å². The lowest BCUT2D eigenvalue weighted by atomic mass is 10.1. The van der Waals surface area contributed by atoms with Crippen molar-refractivity contribution in [3.05, 3.63) is 29.8 Å². The minimum absolute atomic E-state index is 0.0241. The number of carbonyl (C=O) groups excluding carboxylic acids is 3. The summed E-state index contributed by atoms with van der Waals surface area (Å²) in [4.78, 5) is 38.7. The normalized spacial score (nSPS) is 15.1. The molecule has 1 saturated heterocycles. The number of likely N-dealkylation sites (N-methyl/N-ethyl adjacent to an activating group) is 1. The Morgan fingerprint density at radius 2 is 1.83 bits per heavy atom. The number of amides is 3. The molecule has 0 aromatic heterocycles. The van der Waals surface area contributed by atoms with Crippen molar-refractivity contribution in [2.75, 3.05) is 45.1 Å². The molecule has 7 nitrogen and oxygen atoms in total. The standard InChI is InChI=1S/C16H22N4O3/c1-12(21)13-4-3-5-14(10-13)18-16(23)20-8-6-19(7-9-20)11-15(22)17-2/h3-5,10H,6-9,11H2,1-2H3,(H,17,22)(H,18,23). The highest BCUT2D eigenvalue weighted by molar-refractivity contribution is 5.96. The van der Waals surface area contributed by atoms with Crippen molar-refractivity contribution in [1.82, 2.24) is 15.1 Å². The molecule has 0 bridgehead atoms. The molecule has 1 aromatic rings. The van der Waals surface area contributed by atoms with Gasteiger partial charge in [0.05, 0.1) is 6.54 Å². The van der Waals surface area contributed by atoms with Crippen molar-refractivity contribution < 1.29 is 14.4 Å². The largest absolute Gasteiger partial charge is 0.358 e. The quantitative estimate of drug-likeness (QED) is 0.804. The molecule has 0 radical (unpaired) electrons. The average molecular weight is 318 g/mol. The van der Waals surface area contributed by atoms with Gasteiger partial charge in [0.1, 0.15) is 0 Å². The summed E-state index contributed by atoms with van der Waals surface area (Å²) in [6.45, 7) is 4.30. The van der Waals surface area contributed by atoms with E-state index < -0.39 is 0 Å². The van der Waals surface area contributed by atoms with Crippen LogP contribution in [0.5, 0.6) is 0 Å². The highest BCUT2D eigenvalue weighted by Crippen LogP contribution is 2.13. The summed E-state index contributed by atoms with van der Waals surface area (Å²) in [5, 5.41) is 5.40. The zero-order chi connectivity index (χ0) is 16.8. The van der Waals surface area contributed by atoms with E-state index >= 15 is 0 Å². The number of ketones is 1. The molecule has 0 unspecified atom stereocenters. The Morgan fingerprint density at radius 1 is 1.13 bits per heavy atom. The molecule has 0 spiro atoms. The fourth-order valence-corrected chi connectivity index (χ4v) is 2.41. The number of nitrogens with zero attached hydrogens (tertiary/aromatic N) is 2. The summed E-state index contributed by atoms with van der Waals surface area (Å²) in [5.74, 6) is -0.0622. The molecule has 7 heteroatoms. The van der Waals surface area contributed by atoms with Gasteiger partial charge in [-0.2, -0.15) is 0 Å². The second kappa shape index (κ2) is 7.73. The summed E-state index contributed by atoms with van der Waals surface area (Å²) in [5.41, 5.74) is 1.17. The van der Waals surface area contributed by atoms with Gasteiger partial charge in [-0.3, -0.25) is 14.5 Å². The summed E-state index contributed by atoms with van der Waals surface area (Å²) in [7, 11) is 1.61. The third-order valence-corrected chi connectivity index (χ3v) is 3.83. The fraction of sp³-hybridized carbons (Fsp3) is 0.438. The van der Waals surface area contributed by atoms with Crippen LogP contribution in [0.1, 0.15) is 17.3 Å². The number of Topliss-reactive ketones (excluding diaryl/α,β-unsaturated/α-hetero) is 1. The molecule has 0 atom stereocenters. The Labute approximate surface area is 135 Å². The van der Waals surface area contributed by atoms with E-state index in [0.29, 0.717) is 44.0 Å². The van der Waals surface area contributed by atoms with E-state index in [0.717, 1.165) is 0 Å². The van der Waals surface area contributed by atoms with Gasteiger partial charge in [0, 0.05) is 44.5 Å². The van der Waals surface area contributed by atoms with Crippen LogP contribution < -0.4 is 10.6 Å². The molecular formula is C16H22N4O3. The maximum Gasteiger partial charge on any atom is 0.321 e. The first-order valence-corrected chi connectivity index (χ1v) is 7.59. The number of benzene rings is 1. The third kappa shape index (κ3) is 4.79. The smallest absolute Gasteiger partial charge is 0.321 e. The van der Waals surface area contributed by atoms with Crippen molar-refractivity contribution in [1.29, 1.82) is 0 Å². The summed E-state index contributed by atoms with van der Waals surface area (Å²) in [6, 6.07) is 6.70. The fourth-order valence-electron chi connectivity index (χ4n) is 2.41. The van der Waals surface area contributed by atoms with E-state index in [1.807, 2.05) is 4.90 Å². The topological polar surface area (TPSA) is 81.8 Å². The molecule has 1 aromatic carbocycles. The molecule has 2 rings (SSSR count). The predicted molar refractivity (Wildman–Crippen MR) is 87.5 cm³/mol. The number of rotatable bonds is 4. The Morgan fingerprint density at radius 3 is 2.43 bits per heavy atom. The number of urea groups is 1.